The van der Waals surface area contributed by atoms with Crippen molar-refractivity contribution >= 4 is 12.1 Å². The number of alkyl carbamates (subject to hydrolysis) is 1. The number of benzene rings is 1. The Morgan fingerprint density at radius 3 is 2.32 bits per heavy atom. The van der Waals surface area contributed by atoms with E-state index >= 15 is 0 Å². The van der Waals surface area contributed by atoms with Gasteiger partial charge in [-0.15, -0.1) is 0 Å². The highest BCUT2D eigenvalue weighted by molar-refractivity contribution is 5.89. The Labute approximate surface area is 124 Å². The first-order valence-electron chi connectivity index (χ1n) is 6.04. The van der Waals surface area contributed by atoms with E-state index in [1.807, 2.05) is 0 Å². The van der Waals surface area contributed by atoms with E-state index in [1.165, 1.54) is 5.32 Å². The molecule has 8 heteroatoms. The van der Waals surface area contributed by atoms with Crippen LogP contribution in [0.2, 0.25) is 0 Å². The minimum atomic E-state index is -5.13. The molecule has 1 amide bonds. The zero-order valence-corrected chi connectivity index (χ0v) is 11.6. The summed E-state index contributed by atoms with van der Waals surface area (Å²) in [6.07, 6.45) is -6.30. The molecule has 22 heavy (non-hydrogen) atoms. The maximum atomic E-state index is 13.1. The number of carbonyl (C=O) groups is 2. The maximum Gasteiger partial charge on any atom is 0.426 e. The van der Waals surface area contributed by atoms with Crippen molar-refractivity contribution in [2.24, 2.45) is 0 Å². The summed E-state index contributed by atoms with van der Waals surface area (Å²) in [7, 11) is 0.767. The fourth-order valence-corrected chi connectivity index (χ4v) is 1.57. The maximum absolute atomic E-state index is 13.1. The normalized spacial score (nSPS) is 13.6. The van der Waals surface area contributed by atoms with Crippen LogP contribution in [0.5, 0.6) is 0 Å². The molecule has 0 aromatic heterocycles. The second-order valence-electron chi connectivity index (χ2n) is 4.19. The number of carbonyl (C=O) groups excluding carboxylic acids is 2. The molecule has 1 N–H and O–H groups in total. The predicted molar refractivity (Wildman–Crippen MR) is 70.8 cm³/mol. The van der Waals surface area contributed by atoms with E-state index in [9.17, 15) is 22.8 Å². The zero-order valence-electron chi connectivity index (χ0n) is 11.6. The fraction of sp³-hybridized carbons (Fsp3) is 0.286. The third-order valence-corrected chi connectivity index (χ3v) is 2.77. The average molecular weight is 317 g/mol. The van der Waals surface area contributed by atoms with Gasteiger partial charge in [0.25, 0.3) is 5.54 Å². The standard InChI is InChI=1S/C14H14F3NO4/c1-3-13(11(19)21-2,14(15,16)17)18-12(20)22-9-10-7-5-4-6-8-10/h3-8H,1,9H2,2H3,(H,18,20). The van der Waals surface area contributed by atoms with Crippen LogP contribution in [0.15, 0.2) is 43.0 Å². The second-order valence-corrected chi connectivity index (χ2v) is 4.19. The topological polar surface area (TPSA) is 64.6 Å². The average Bonchev–Trinajstić information content (AvgIpc) is 2.49. The van der Waals surface area contributed by atoms with E-state index in [1.54, 1.807) is 30.3 Å². The molecule has 1 aromatic rings. The molecule has 0 bridgehead atoms. The van der Waals surface area contributed by atoms with Crippen molar-refractivity contribution in [2.75, 3.05) is 7.11 Å². The number of esters is 1. The number of methoxy groups -OCH3 is 1. The predicted octanol–water partition coefficient (Wildman–Crippen LogP) is 2.57. The van der Waals surface area contributed by atoms with Crippen LogP contribution >= 0.6 is 0 Å². The lowest BCUT2D eigenvalue weighted by Gasteiger charge is -2.30. The number of hydrogen-bond donors (Lipinski definition) is 1. The highest BCUT2D eigenvalue weighted by atomic mass is 19.4. The van der Waals surface area contributed by atoms with Crippen molar-refractivity contribution in [1.29, 1.82) is 0 Å². The van der Waals surface area contributed by atoms with Gasteiger partial charge in [-0.3, -0.25) is 5.32 Å². The molecular weight excluding hydrogens is 303 g/mol. The first-order valence-corrected chi connectivity index (χ1v) is 6.04. The van der Waals surface area contributed by atoms with Gasteiger partial charge in [0.1, 0.15) is 6.61 Å². The van der Waals surface area contributed by atoms with E-state index in [0.29, 0.717) is 5.56 Å². The molecule has 0 aliphatic carbocycles. The summed E-state index contributed by atoms with van der Waals surface area (Å²) < 4.78 is 48.0. The molecule has 0 aliphatic heterocycles. The van der Waals surface area contributed by atoms with Crippen molar-refractivity contribution in [3.8, 4) is 0 Å². The van der Waals surface area contributed by atoms with E-state index in [4.69, 9.17) is 0 Å². The van der Waals surface area contributed by atoms with Crippen LogP contribution in [-0.4, -0.2) is 30.9 Å². The molecule has 1 atom stereocenters. The summed E-state index contributed by atoms with van der Waals surface area (Å²) in [6.45, 7) is 2.70. The third-order valence-electron chi connectivity index (χ3n) is 2.77. The van der Waals surface area contributed by atoms with Gasteiger partial charge in [-0.25, -0.2) is 9.59 Å². The van der Waals surface area contributed by atoms with Crippen LogP contribution in [0.25, 0.3) is 0 Å². The Morgan fingerprint density at radius 1 is 1.27 bits per heavy atom. The van der Waals surface area contributed by atoms with Gasteiger partial charge >= 0.3 is 18.2 Å². The van der Waals surface area contributed by atoms with Crippen LogP contribution < -0.4 is 5.32 Å². The number of rotatable bonds is 5. The van der Waals surface area contributed by atoms with Crippen molar-refractivity contribution in [1.82, 2.24) is 5.32 Å². The molecular formula is C14H14F3NO4. The molecule has 0 heterocycles. The van der Waals surface area contributed by atoms with Crippen LogP contribution in [-0.2, 0) is 20.9 Å². The molecule has 120 valence electrons. The highest BCUT2D eigenvalue weighted by Crippen LogP contribution is 2.32. The molecule has 0 saturated carbocycles. The summed E-state index contributed by atoms with van der Waals surface area (Å²) in [5.74, 6) is -1.72. The van der Waals surface area contributed by atoms with Crippen molar-refractivity contribution < 1.29 is 32.2 Å². The lowest BCUT2D eigenvalue weighted by molar-refractivity contribution is -0.199. The minimum Gasteiger partial charge on any atom is -0.467 e. The van der Waals surface area contributed by atoms with Crippen molar-refractivity contribution in [3.63, 3.8) is 0 Å². The van der Waals surface area contributed by atoms with Gasteiger partial charge in [-0.05, 0) is 11.6 Å². The molecule has 1 aromatic carbocycles. The Bertz CT molecular complexity index is 545. The Morgan fingerprint density at radius 2 is 1.86 bits per heavy atom. The number of halogens is 3. The lowest BCUT2D eigenvalue weighted by Crippen LogP contribution is -2.63. The Kier molecular flexibility index (Phi) is 5.56. The number of alkyl halides is 3. The van der Waals surface area contributed by atoms with Gasteiger partial charge in [0.05, 0.1) is 7.11 Å². The summed E-state index contributed by atoms with van der Waals surface area (Å²) in [5.41, 5.74) is -2.79. The molecule has 0 radical (unpaired) electrons. The number of hydrogen-bond acceptors (Lipinski definition) is 4. The van der Waals surface area contributed by atoms with E-state index in [0.717, 1.165) is 7.11 Å². The first kappa shape index (κ1) is 17.5. The number of amides is 1. The van der Waals surface area contributed by atoms with Crippen molar-refractivity contribution in [3.05, 3.63) is 48.6 Å². The van der Waals surface area contributed by atoms with E-state index in [-0.39, 0.29) is 12.7 Å². The highest BCUT2D eigenvalue weighted by Gasteiger charge is 2.61. The van der Waals surface area contributed by atoms with Gasteiger partial charge in [0, 0.05) is 0 Å². The van der Waals surface area contributed by atoms with Crippen LogP contribution in [0.3, 0.4) is 0 Å². The first-order chi connectivity index (χ1) is 10.3. The van der Waals surface area contributed by atoms with Crippen LogP contribution in [0, 0.1) is 0 Å². The van der Waals surface area contributed by atoms with Gasteiger partial charge in [0.15, 0.2) is 0 Å². The molecule has 0 spiro atoms. The van der Waals surface area contributed by atoms with Crippen LogP contribution in [0.4, 0.5) is 18.0 Å². The number of ether oxygens (including phenoxy) is 2. The quantitative estimate of drug-likeness (QED) is 0.669. The monoisotopic (exact) mass is 317 g/mol. The van der Waals surface area contributed by atoms with Gasteiger partial charge in [-0.1, -0.05) is 36.9 Å². The molecule has 0 fully saturated rings. The minimum absolute atomic E-state index is 0.251. The summed E-state index contributed by atoms with van der Waals surface area (Å²) in [6, 6.07) is 8.33. The molecule has 5 nitrogen and oxygen atoms in total. The largest absolute Gasteiger partial charge is 0.467 e. The van der Waals surface area contributed by atoms with E-state index < -0.39 is 23.8 Å². The summed E-state index contributed by atoms with van der Waals surface area (Å²) in [5, 5.41) is 1.46. The SMILES string of the molecule is C=CC(NC(=O)OCc1ccccc1)(C(=O)OC)C(F)(F)F. The Hall–Kier alpha value is -2.51. The smallest absolute Gasteiger partial charge is 0.426 e. The van der Waals surface area contributed by atoms with Crippen molar-refractivity contribution in [2.45, 2.75) is 18.3 Å². The molecule has 1 rings (SSSR count). The summed E-state index contributed by atoms with van der Waals surface area (Å²) >= 11 is 0. The summed E-state index contributed by atoms with van der Waals surface area (Å²) in [4.78, 5) is 23.0. The Balaban J connectivity index is 2.84. The molecule has 0 saturated heterocycles. The van der Waals surface area contributed by atoms with E-state index in [2.05, 4.69) is 16.1 Å². The third kappa shape index (κ3) is 3.78. The molecule has 1 unspecified atom stereocenters. The van der Waals surface area contributed by atoms with Gasteiger partial charge in [-0.2, -0.15) is 13.2 Å². The van der Waals surface area contributed by atoms with Gasteiger partial charge in [0.2, 0.25) is 0 Å². The fourth-order valence-electron chi connectivity index (χ4n) is 1.57. The lowest BCUT2D eigenvalue weighted by atomic mass is 9.99. The number of nitrogens with one attached hydrogen (secondary N) is 1. The molecule has 0 aliphatic rings. The zero-order chi connectivity index (χ0) is 16.8. The second kappa shape index (κ2) is 6.97. The van der Waals surface area contributed by atoms with Crippen LogP contribution in [0.1, 0.15) is 5.56 Å². The van der Waals surface area contributed by atoms with Gasteiger partial charge < -0.3 is 9.47 Å².